The average Bonchev–Trinajstić information content (AvgIpc) is 3.24. The lowest BCUT2D eigenvalue weighted by atomic mass is 10.1. The molecular weight excluding hydrogens is 300 g/mol. The average molecular weight is 318 g/mol. The number of ether oxygens (including phenoxy) is 1. The molecular formula is C15H18N4O2S. The standard InChI is InChI=1S/C15H18N4O2S/c1-9-5-4-6-13(10(9)2)21-14(20)11(3)22-15-16-17-18-19(15)12-7-8-12/h4-6,11-12H,7-8H2,1-3H3. The Morgan fingerprint density at radius 1 is 1.41 bits per heavy atom. The van der Waals surface area contributed by atoms with Crippen LogP contribution in [0.1, 0.15) is 36.9 Å². The molecule has 0 bridgehead atoms. The van der Waals surface area contributed by atoms with Crippen molar-refractivity contribution in [3.05, 3.63) is 29.3 Å². The summed E-state index contributed by atoms with van der Waals surface area (Å²) in [6.07, 6.45) is 2.19. The Hall–Kier alpha value is -1.89. The minimum atomic E-state index is -0.372. The van der Waals surface area contributed by atoms with Crippen LogP contribution >= 0.6 is 11.8 Å². The summed E-state index contributed by atoms with van der Waals surface area (Å²) in [5, 5.41) is 12.0. The number of aryl methyl sites for hydroxylation is 1. The first-order valence-corrected chi connectivity index (χ1v) is 8.16. The van der Waals surface area contributed by atoms with Crippen molar-refractivity contribution in [2.45, 2.75) is 50.1 Å². The molecule has 0 amide bonds. The molecule has 0 aliphatic heterocycles. The number of carbonyl (C=O) groups is 1. The molecule has 1 aliphatic carbocycles. The number of hydrogen-bond donors (Lipinski definition) is 0. The molecule has 1 aliphatic rings. The lowest BCUT2D eigenvalue weighted by Gasteiger charge is -2.13. The number of rotatable bonds is 5. The highest BCUT2D eigenvalue weighted by atomic mass is 32.2. The fraction of sp³-hybridized carbons (Fsp3) is 0.467. The van der Waals surface area contributed by atoms with Crippen LogP contribution < -0.4 is 4.74 Å². The van der Waals surface area contributed by atoms with Crippen LogP contribution in [0.25, 0.3) is 0 Å². The van der Waals surface area contributed by atoms with E-state index in [1.165, 1.54) is 11.8 Å². The van der Waals surface area contributed by atoms with Crippen molar-refractivity contribution in [2.24, 2.45) is 0 Å². The van der Waals surface area contributed by atoms with Crippen LogP contribution in [0.2, 0.25) is 0 Å². The molecule has 1 unspecified atom stereocenters. The van der Waals surface area contributed by atoms with Gasteiger partial charge in [-0.2, -0.15) is 0 Å². The maximum absolute atomic E-state index is 12.3. The van der Waals surface area contributed by atoms with Gasteiger partial charge in [-0.25, -0.2) is 4.68 Å². The van der Waals surface area contributed by atoms with Crippen molar-refractivity contribution in [3.8, 4) is 5.75 Å². The van der Waals surface area contributed by atoms with Gasteiger partial charge in [0.25, 0.3) is 0 Å². The minimum absolute atomic E-state index is 0.288. The van der Waals surface area contributed by atoms with Crippen molar-refractivity contribution >= 4 is 17.7 Å². The SMILES string of the molecule is Cc1cccc(OC(=O)C(C)Sc2nnnn2C2CC2)c1C. The van der Waals surface area contributed by atoms with Crippen molar-refractivity contribution in [3.63, 3.8) is 0 Å². The van der Waals surface area contributed by atoms with Gasteiger partial charge in [-0.1, -0.05) is 23.9 Å². The summed E-state index contributed by atoms with van der Waals surface area (Å²) in [6.45, 7) is 5.75. The highest BCUT2D eigenvalue weighted by Gasteiger charge is 2.30. The maximum atomic E-state index is 12.3. The molecule has 1 aromatic heterocycles. The van der Waals surface area contributed by atoms with Gasteiger partial charge in [-0.3, -0.25) is 4.79 Å². The molecule has 1 saturated carbocycles. The second kappa shape index (κ2) is 6.08. The third-order valence-corrected chi connectivity index (χ3v) is 4.76. The molecule has 22 heavy (non-hydrogen) atoms. The van der Waals surface area contributed by atoms with Crippen LogP contribution in [-0.4, -0.2) is 31.4 Å². The van der Waals surface area contributed by atoms with Crippen LogP contribution in [0.3, 0.4) is 0 Å². The van der Waals surface area contributed by atoms with Gasteiger partial charge >= 0.3 is 5.97 Å². The predicted molar refractivity (Wildman–Crippen MR) is 83.0 cm³/mol. The van der Waals surface area contributed by atoms with E-state index in [1.807, 2.05) is 39.0 Å². The van der Waals surface area contributed by atoms with Gasteiger partial charge in [0.15, 0.2) is 0 Å². The number of nitrogens with zero attached hydrogens (tertiary/aromatic N) is 4. The Labute approximate surface area is 133 Å². The number of thioether (sulfide) groups is 1. The number of tetrazole rings is 1. The Morgan fingerprint density at radius 2 is 2.18 bits per heavy atom. The van der Waals surface area contributed by atoms with Crippen molar-refractivity contribution in [1.29, 1.82) is 0 Å². The monoisotopic (exact) mass is 318 g/mol. The molecule has 6 nitrogen and oxygen atoms in total. The summed E-state index contributed by atoms with van der Waals surface area (Å²) in [7, 11) is 0. The van der Waals surface area contributed by atoms with Gasteiger partial charge in [0, 0.05) is 0 Å². The zero-order valence-corrected chi connectivity index (χ0v) is 13.6. The van der Waals surface area contributed by atoms with E-state index in [1.54, 1.807) is 4.68 Å². The largest absolute Gasteiger partial charge is 0.425 e. The molecule has 0 N–H and O–H groups in total. The molecule has 116 valence electrons. The van der Waals surface area contributed by atoms with E-state index in [9.17, 15) is 4.79 Å². The first-order chi connectivity index (χ1) is 10.6. The maximum Gasteiger partial charge on any atom is 0.324 e. The summed E-state index contributed by atoms with van der Waals surface area (Å²) < 4.78 is 7.31. The third-order valence-electron chi connectivity index (χ3n) is 3.73. The second-order valence-electron chi connectivity index (χ2n) is 5.52. The van der Waals surface area contributed by atoms with Gasteiger partial charge in [-0.05, 0) is 61.2 Å². The molecule has 1 aromatic carbocycles. The van der Waals surface area contributed by atoms with Crippen LogP contribution in [0.15, 0.2) is 23.4 Å². The van der Waals surface area contributed by atoms with Gasteiger partial charge in [0.05, 0.1) is 6.04 Å². The highest BCUT2D eigenvalue weighted by Crippen LogP contribution is 2.37. The van der Waals surface area contributed by atoms with Crippen molar-refractivity contribution in [1.82, 2.24) is 20.2 Å². The van der Waals surface area contributed by atoms with E-state index < -0.39 is 0 Å². The highest BCUT2D eigenvalue weighted by molar-refractivity contribution is 8.00. The lowest BCUT2D eigenvalue weighted by Crippen LogP contribution is -2.21. The zero-order chi connectivity index (χ0) is 15.7. The predicted octanol–water partition coefficient (Wildman–Crippen LogP) is 2.71. The third kappa shape index (κ3) is 3.14. The first kappa shape index (κ1) is 15.0. The van der Waals surface area contributed by atoms with Gasteiger partial charge in [0.2, 0.25) is 5.16 Å². The van der Waals surface area contributed by atoms with E-state index in [4.69, 9.17) is 4.74 Å². The number of esters is 1. The molecule has 1 fully saturated rings. The molecule has 1 heterocycles. The summed E-state index contributed by atoms with van der Waals surface area (Å²) >= 11 is 1.33. The van der Waals surface area contributed by atoms with Gasteiger partial charge in [-0.15, -0.1) is 5.10 Å². The smallest absolute Gasteiger partial charge is 0.324 e. The van der Waals surface area contributed by atoms with E-state index >= 15 is 0 Å². The normalized spacial score (nSPS) is 15.6. The quantitative estimate of drug-likeness (QED) is 0.479. The fourth-order valence-electron chi connectivity index (χ4n) is 2.04. The van der Waals surface area contributed by atoms with Crippen molar-refractivity contribution < 1.29 is 9.53 Å². The molecule has 2 aromatic rings. The molecule has 7 heteroatoms. The van der Waals surface area contributed by atoms with Gasteiger partial charge < -0.3 is 4.74 Å². The molecule has 3 rings (SSSR count). The van der Waals surface area contributed by atoms with Crippen LogP contribution in [0.5, 0.6) is 5.75 Å². The van der Waals surface area contributed by atoms with Crippen molar-refractivity contribution in [2.75, 3.05) is 0 Å². The zero-order valence-electron chi connectivity index (χ0n) is 12.8. The van der Waals surface area contributed by atoms with Crippen LogP contribution in [0.4, 0.5) is 0 Å². The van der Waals surface area contributed by atoms with Gasteiger partial charge in [0.1, 0.15) is 11.0 Å². The molecule has 0 spiro atoms. The summed E-state index contributed by atoms with van der Waals surface area (Å²) in [5.74, 6) is 0.322. The topological polar surface area (TPSA) is 69.9 Å². The number of hydrogen-bond acceptors (Lipinski definition) is 6. The Morgan fingerprint density at radius 3 is 2.91 bits per heavy atom. The molecule has 1 atom stereocenters. The Balaban J connectivity index is 1.66. The van der Waals surface area contributed by atoms with E-state index in [0.717, 1.165) is 24.0 Å². The summed E-state index contributed by atoms with van der Waals surface area (Å²) in [6, 6.07) is 6.08. The van der Waals surface area contributed by atoms with Crippen LogP contribution in [0, 0.1) is 13.8 Å². The van der Waals surface area contributed by atoms with E-state index in [2.05, 4.69) is 15.5 Å². The number of carbonyl (C=O) groups excluding carboxylic acids is 1. The number of benzene rings is 1. The van der Waals surface area contributed by atoms with E-state index in [-0.39, 0.29) is 11.2 Å². The Kier molecular flexibility index (Phi) is 4.15. The lowest BCUT2D eigenvalue weighted by molar-refractivity contribution is -0.133. The van der Waals surface area contributed by atoms with E-state index in [0.29, 0.717) is 16.9 Å². The summed E-state index contributed by atoms with van der Waals surface area (Å²) in [5.41, 5.74) is 2.08. The summed E-state index contributed by atoms with van der Waals surface area (Å²) in [4.78, 5) is 12.3. The first-order valence-electron chi connectivity index (χ1n) is 7.28. The minimum Gasteiger partial charge on any atom is -0.425 e. The number of aromatic nitrogens is 4. The molecule has 0 saturated heterocycles. The fourth-order valence-corrected chi connectivity index (χ4v) is 2.88. The second-order valence-corrected chi connectivity index (χ2v) is 6.82. The van der Waals surface area contributed by atoms with Crippen LogP contribution in [-0.2, 0) is 4.79 Å². The molecule has 0 radical (unpaired) electrons. The Bertz CT molecular complexity index is 697.